The van der Waals surface area contributed by atoms with Crippen LogP contribution in [0, 0.1) is 11.3 Å². The first-order valence-electron chi connectivity index (χ1n) is 6.60. The summed E-state index contributed by atoms with van der Waals surface area (Å²) in [6.45, 7) is 0. The molecule has 0 saturated carbocycles. The van der Waals surface area contributed by atoms with Crippen LogP contribution in [-0.2, 0) is 4.79 Å². The number of carboxylic acids is 1. The first kappa shape index (κ1) is 19.0. The Balaban J connectivity index is 0.00000208. The van der Waals surface area contributed by atoms with E-state index in [1.807, 2.05) is 34.9 Å². The van der Waals surface area contributed by atoms with Crippen molar-refractivity contribution in [3.05, 3.63) is 52.8 Å². The Morgan fingerprint density at radius 3 is 2.67 bits per heavy atom. The number of benzene rings is 2. The van der Waals surface area contributed by atoms with Crippen LogP contribution in [0.5, 0.6) is 0 Å². The topological polar surface area (TPSA) is 81.7 Å². The van der Waals surface area contributed by atoms with Crippen molar-refractivity contribution in [3.8, 4) is 11.8 Å². The van der Waals surface area contributed by atoms with E-state index in [1.165, 1.54) is 0 Å². The van der Waals surface area contributed by atoms with Gasteiger partial charge >= 0.3 is 29.6 Å². The number of fused-ring (bicyclic) bond motifs is 1. The molecule has 8 heteroatoms. The number of carbonyl (C=O) groups is 1. The normalized spacial score (nSPS) is 10.2. The molecule has 24 heavy (non-hydrogen) atoms. The molecule has 2 aromatic carbocycles. The van der Waals surface area contributed by atoms with Gasteiger partial charge in [0.1, 0.15) is 4.60 Å². The van der Waals surface area contributed by atoms with E-state index in [0.717, 1.165) is 28.2 Å². The number of aromatic nitrogens is 2. The van der Waals surface area contributed by atoms with Crippen LogP contribution in [0.1, 0.15) is 5.56 Å². The Kier molecular flexibility index (Phi) is 6.49. The number of halogens is 1. The van der Waals surface area contributed by atoms with Gasteiger partial charge in [0, 0.05) is 16.5 Å². The molecule has 0 aliphatic heterocycles. The molecule has 114 valence electrons. The van der Waals surface area contributed by atoms with Gasteiger partial charge in [0.05, 0.1) is 29.5 Å². The number of hydrogen-bond acceptors (Lipinski definition) is 5. The Labute approximate surface area is 173 Å². The van der Waals surface area contributed by atoms with E-state index in [-0.39, 0.29) is 35.3 Å². The van der Waals surface area contributed by atoms with Gasteiger partial charge in [0.25, 0.3) is 0 Å². The summed E-state index contributed by atoms with van der Waals surface area (Å²) in [7, 11) is 0. The molecule has 0 spiro atoms. The molecule has 3 rings (SSSR count). The maximum atomic E-state index is 10.7. The Morgan fingerprint density at radius 2 is 2.00 bits per heavy atom. The van der Waals surface area contributed by atoms with Gasteiger partial charge in [-0.3, -0.25) is 4.57 Å². The predicted octanol–water partition coefficient (Wildman–Crippen LogP) is -0.494. The Morgan fingerprint density at radius 1 is 1.29 bits per heavy atom. The number of carbonyl (C=O) groups excluding carboxylic acids is 1. The summed E-state index contributed by atoms with van der Waals surface area (Å²) in [6.07, 6.45) is 1.62. The first-order valence-corrected chi connectivity index (χ1v) is 8.38. The van der Waals surface area contributed by atoms with Gasteiger partial charge < -0.3 is 9.90 Å². The first-order chi connectivity index (χ1) is 11.1. The largest absolute Gasteiger partial charge is 1.00 e. The van der Waals surface area contributed by atoms with E-state index in [1.54, 1.807) is 12.3 Å². The van der Waals surface area contributed by atoms with E-state index < -0.39 is 5.97 Å². The zero-order valence-electron chi connectivity index (χ0n) is 12.7. The maximum Gasteiger partial charge on any atom is 1.00 e. The van der Waals surface area contributed by atoms with Crippen LogP contribution in [0.4, 0.5) is 0 Å². The number of aliphatic carboxylic acids is 1. The molecule has 0 amide bonds. The van der Waals surface area contributed by atoms with Crippen molar-refractivity contribution in [1.29, 1.82) is 5.26 Å². The van der Waals surface area contributed by atoms with Crippen LogP contribution in [0.15, 0.2) is 52.4 Å². The average Bonchev–Trinajstić information content (AvgIpc) is 2.92. The molecule has 0 radical (unpaired) electrons. The van der Waals surface area contributed by atoms with Gasteiger partial charge in [0.2, 0.25) is 0 Å². The molecule has 0 aliphatic carbocycles. The molecular weight excluding hydrogens is 401 g/mol. The maximum absolute atomic E-state index is 10.7. The minimum absolute atomic E-state index is 0. The SMILES string of the molecule is N#Cc1ccc(-n2c(Br)cnc2SCC(=O)[O-])c2ccccc12.[Na+]. The minimum Gasteiger partial charge on any atom is -0.549 e. The van der Waals surface area contributed by atoms with Crippen molar-refractivity contribution >= 4 is 44.4 Å². The van der Waals surface area contributed by atoms with Crippen LogP contribution >= 0.6 is 27.7 Å². The monoisotopic (exact) mass is 409 g/mol. The smallest absolute Gasteiger partial charge is 0.549 e. The average molecular weight is 410 g/mol. The summed E-state index contributed by atoms with van der Waals surface area (Å²) >= 11 is 4.53. The number of thioether (sulfide) groups is 1. The van der Waals surface area contributed by atoms with Crippen LogP contribution < -0.4 is 34.7 Å². The van der Waals surface area contributed by atoms with E-state index in [0.29, 0.717) is 15.3 Å². The fourth-order valence-corrected chi connectivity index (χ4v) is 3.61. The van der Waals surface area contributed by atoms with Crippen LogP contribution in [0.2, 0.25) is 0 Å². The number of nitriles is 1. The summed E-state index contributed by atoms with van der Waals surface area (Å²) in [5.41, 5.74) is 1.41. The molecule has 0 atom stereocenters. The van der Waals surface area contributed by atoms with E-state index in [9.17, 15) is 15.2 Å². The molecular formula is C16H9BrN3NaO2S. The van der Waals surface area contributed by atoms with Crippen molar-refractivity contribution < 1.29 is 39.5 Å². The summed E-state index contributed by atoms with van der Waals surface area (Å²) in [5, 5.41) is 22.2. The molecule has 1 aromatic heterocycles. The van der Waals surface area contributed by atoms with Gasteiger partial charge in [-0.05, 0) is 28.1 Å². The summed E-state index contributed by atoms with van der Waals surface area (Å²) in [5.74, 6) is -1.33. The van der Waals surface area contributed by atoms with Crippen molar-refractivity contribution in [3.63, 3.8) is 0 Å². The van der Waals surface area contributed by atoms with E-state index >= 15 is 0 Å². The van der Waals surface area contributed by atoms with Gasteiger partial charge in [-0.25, -0.2) is 4.98 Å². The second kappa shape index (κ2) is 8.19. The standard InChI is InChI=1S/C16H10BrN3O2S.Na/c17-14-8-19-16(23-9-15(21)22)20(14)13-6-5-10(7-18)11-3-1-2-4-12(11)13;/h1-6,8H,9H2,(H,21,22);/q;+1/p-1. The van der Waals surface area contributed by atoms with Gasteiger partial charge in [0.15, 0.2) is 5.16 Å². The van der Waals surface area contributed by atoms with Crippen LogP contribution in [-0.4, -0.2) is 21.3 Å². The summed E-state index contributed by atoms with van der Waals surface area (Å²) < 4.78 is 2.52. The fraction of sp³-hybridized carbons (Fsp3) is 0.0625. The molecule has 3 aromatic rings. The van der Waals surface area contributed by atoms with Gasteiger partial charge in [-0.2, -0.15) is 5.26 Å². The zero-order valence-corrected chi connectivity index (χ0v) is 17.1. The number of carboxylic acid groups (broad SMARTS) is 1. The fourth-order valence-electron chi connectivity index (χ4n) is 2.33. The number of imidazole rings is 1. The van der Waals surface area contributed by atoms with Crippen molar-refractivity contribution in [2.45, 2.75) is 5.16 Å². The molecule has 0 N–H and O–H groups in total. The summed E-state index contributed by atoms with van der Waals surface area (Å²) in [6, 6.07) is 13.3. The molecule has 0 fully saturated rings. The Bertz CT molecular complexity index is 952. The van der Waals surface area contributed by atoms with Crippen molar-refractivity contribution in [1.82, 2.24) is 9.55 Å². The molecule has 0 saturated heterocycles. The zero-order chi connectivity index (χ0) is 16.4. The molecule has 0 bridgehead atoms. The summed E-state index contributed by atoms with van der Waals surface area (Å²) in [4.78, 5) is 14.9. The third-order valence-electron chi connectivity index (χ3n) is 3.27. The third kappa shape index (κ3) is 3.68. The molecule has 1 heterocycles. The quantitative estimate of drug-likeness (QED) is 0.428. The molecule has 5 nitrogen and oxygen atoms in total. The number of hydrogen-bond donors (Lipinski definition) is 0. The van der Waals surface area contributed by atoms with Crippen LogP contribution in [0.25, 0.3) is 16.5 Å². The predicted molar refractivity (Wildman–Crippen MR) is 89.2 cm³/mol. The second-order valence-corrected chi connectivity index (χ2v) is 6.40. The van der Waals surface area contributed by atoms with E-state index in [4.69, 9.17) is 0 Å². The van der Waals surface area contributed by atoms with Gasteiger partial charge in [-0.15, -0.1) is 0 Å². The molecule has 0 unspecified atom stereocenters. The van der Waals surface area contributed by atoms with Crippen molar-refractivity contribution in [2.75, 3.05) is 5.75 Å². The van der Waals surface area contributed by atoms with Crippen LogP contribution in [0.3, 0.4) is 0 Å². The minimum atomic E-state index is -1.15. The van der Waals surface area contributed by atoms with E-state index in [2.05, 4.69) is 27.0 Å². The van der Waals surface area contributed by atoms with Crippen molar-refractivity contribution in [2.24, 2.45) is 0 Å². The number of rotatable bonds is 4. The second-order valence-electron chi connectivity index (χ2n) is 4.65. The van der Waals surface area contributed by atoms with Gasteiger partial charge in [-0.1, -0.05) is 36.0 Å². The third-order valence-corrected chi connectivity index (χ3v) is 4.75. The number of nitrogens with zero attached hydrogens (tertiary/aromatic N) is 3. The Hall–Kier alpha value is -1.30. The molecule has 0 aliphatic rings.